The fraction of sp³-hybridized carbons (Fsp3) is 0.385. The second-order valence-corrected chi connectivity index (χ2v) is 4.00. The number of nitrogens with two attached hydrogens (primary N) is 1. The van der Waals surface area contributed by atoms with E-state index in [4.69, 9.17) is 10.5 Å². The molecule has 3 heteroatoms. The van der Waals surface area contributed by atoms with Crippen LogP contribution in [0.15, 0.2) is 30.4 Å². The first-order valence-corrected chi connectivity index (χ1v) is 5.09. The van der Waals surface area contributed by atoms with Crippen molar-refractivity contribution < 1.29 is 4.74 Å². The van der Waals surface area contributed by atoms with Gasteiger partial charge in [0.25, 0.3) is 0 Å². The van der Waals surface area contributed by atoms with Crippen molar-refractivity contribution in [2.75, 3.05) is 7.11 Å². The van der Waals surface area contributed by atoms with Crippen LogP contribution >= 0.6 is 12.4 Å². The van der Waals surface area contributed by atoms with Crippen LogP contribution in [0, 0.1) is 6.92 Å². The molecule has 0 amide bonds. The number of halogens is 1. The highest BCUT2D eigenvalue weighted by atomic mass is 35.5. The molecular weight excluding hydrogens is 222 g/mol. The maximum atomic E-state index is 6.05. The standard InChI is InChI=1S/C13H19NO.ClH/c1-9(2)7-12(14)11-5-6-13(15-4)10(3)8-11;/h5-6,8,12H,1,7,14H2,2-4H3;1H/t12-;/m0./s1. The molecule has 90 valence electrons. The summed E-state index contributed by atoms with van der Waals surface area (Å²) in [7, 11) is 1.68. The number of benzene rings is 1. The van der Waals surface area contributed by atoms with Crippen molar-refractivity contribution in [1.29, 1.82) is 0 Å². The SMILES string of the molecule is C=C(C)C[C@H](N)c1ccc(OC)c(C)c1.Cl. The van der Waals surface area contributed by atoms with E-state index in [9.17, 15) is 0 Å². The third-order valence-corrected chi connectivity index (χ3v) is 2.42. The monoisotopic (exact) mass is 241 g/mol. The van der Waals surface area contributed by atoms with E-state index in [-0.39, 0.29) is 18.4 Å². The predicted molar refractivity (Wildman–Crippen MR) is 71.3 cm³/mol. The fourth-order valence-electron chi connectivity index (χ4n) is 1.63. The minimum Gasteiger partial charge on any atom is -0.496 e. The number of aryl methyl sites for hydroxylation is 1. The van der Waals surface area contributed by atoms with E-state index in [1.807, 2.05) is 26.0 Å². The lowest BCUT2D eigenvalue weighted by atomic mass is 9.99. The third kappa shape index (κ3) is 3.87. The van der Waals surface area contributed by atoms with Gasteiger partial charge in [-0.25, -0.2) is 0 Å². The lowest BCUT2D eigenvalue weighted by Crippen LogP contribution is -2.10. The van der Waals surface area contributed by atoms with E-state index in [1.54, 1.807) is 7.11 Å². The molecule has 1 rings (SSSR count). The largest absolute Gasteiger partial charge is 0.496 e. The maximum Gasteiger partial charge on any atom is 0.121 e. The van der Waals surface area contributed by atoms with Gasteiger partial charge in [-0.1, -0.05) is 17.7 Å². The van der Waals surface area contributed by atoms with Crippen LogP contribution in [0.5, 0.6) is 5.75 Å². The molecule has 0 radical (unpaired) electrons. The van der Waals surface area contributed by atoms with E-state index >= 15 is 0 Å². The van der Waals surface area contributed by atoms with Crippen molar-refractivity contribution in [2.45, 2.75) is 26.3 Å². The van der Waals surface area contributed by atoms with E-state index in [1.165, 1.54) is 0 Å². The third-order valence-electron chi connectivity index (χ3n) is 2.42. The van der Waals surface area contributed by atoms with Crippen LogP contribution in [-0.2, 0) is 0 Å². The second kappa shape index (κ2) is 6.56. The summed E-state index contributed by atoms with van der Waals surface area (Å²) in [6.07, 6.45) is 0.825. The van der Waals surface area contributed by atoms with E-state index in [0.29, 0.717) is 0 Å². The van der Waals surface area contributed by atoms with Crippen LogP contribution in [-0.4, -0.2) is 7.11 Å². The molecule has 0 bridgehead atoms. The van der Waals surface area contributed by atoms with Crippen LogP contribution in [0.1, 0.15) is 30.5 Å². The van der Waals surface area contributed by atoms with E-state index in [0.717, 1.165) is 28.9 Å². The number of hydrogen-bond acceptors (Lipinski definition) is 2. The first kappa shape index (κ1) is 15.0. The van der Waals surface area contributed by atoms with Crippen LogP contribution in [0.3, 0.4) is 0 Å². The first-order chi connectivity index (χ1) is 7.04. The average Bonchev–Trinajstić information content (AvgIpc) is 2.16. The summed E-state index contributed by atoms with van der Waals surface area (Å²) in [6.45, 7) is 7.89. The molecule has 2 nitrogen and oxygen atoms in total. The quantitative estimate of drug-likeness (QED) is 0.821. The van der Waals surface area contributed by atoms with Gasteiger partial charge in [0.15, 0.2) is 0 Å². The second-order valence-electron chi connectivity index (χ2n) is 4.00. The van der Waals surface area contributed by atoms with Crippen LogP contribution in [0.25, 0.3) is 0 Å². The van der Waals surface area contributed by atoms with Gasteiger partial charge < -0.3 is 10.5 Å². The first-order valence-electron chi connectivity index (χ1n) is 5.09. The Labute approximate surface area is 104 Å². The van der Waals surface area contributed by atoms with Gasteiger partial charge >= 0.3 is 0 Å². The van der Waals surface area contributed by atoms with Crippen molar-refractivity contribution in [2.24, 2.45) is 5.73 Å². The van der Waals surface area contributed by atoms with Crippen LogP contribution in [0.2, 0.25) is 0 Å². The highest BCUT2D eigenvalue weighted by molar-refractivity contribution is 5.85. The van der Waals surface area contributed by atoms with Crippen molar-refractivity contribution in [1.82, 2.24) is 0 Å². The Balaban J connectivity index is 0.00000225. The van der Waals surface area contributed by atoms with Gasteiger partial charge in [0.1, 0.15) is 5.75 Å². The zero-order valence-corrected chi connectivity index (χ0v) is 10.9. The molecule has 0 aliphatic carbocycles. The minimum absolute atomic E-state index is 0. The molecule has 1 atom stereocenters. The average molecular weight is 242 g/mol. The zero-order valence-electron chi connectivity index (χ0n) is 10.1. The highest BCUT2D eigenvalue weighted by Gasteiger charge is 2.07. The molecule has 0 aliphatic heterocycles. The summed E-state index contributed by atoms with van der Waals surface area (Å²) in [5.41, 5.74) is 9.42. The molecule has 0 unspecified atom stereocenters. The molecule has 0 aromatic heterocycles. The number of rotatable bonds is 4. The molecule has 0 spiro atoms. The van der Waals surface area contributed by atoms with Gasteiger partial charge in [-0.05, 0) is 37.5 Å². The lowest BCUT2D eigenvalue weighted by molar-refractivity contribution is 0.411. The zero-order chi connectivity index (χ0) is 11.4. The molecule has 1 aromatic rings. The van der Waals surface area contributed by atoms with E-state index in [2.05, 4.69) is 12.6 Å². The molecule has 2 N–H and O–H groups in total. The molecule has 0 heterocycles. The topological polar surface area (TPSA) is 35.2 Å². The number of methoxy groups -OCH3 is 1. The van der Waals surface area contributed by atoms with Gasteiger partial charge in [-0.15, -0.1) is 19.0 Å². The Hall–Kier alpha value is -0.990. The summed E-state index contributed by atoms with van der Waals surface area (Å²) < 4.78 is 5.20. The maximum absolute atomic E-state index is 6.05. The summed E-state index contributed by atoms with van der Waals surface area (Å²) in [4.78, 5) is 0. The van der Waals surface area contributed by atoms with Crippen molar-refractivity contribution in [3.05, 3.63) is 41.5 Å². The van der Waals surface area contributed by atoms with Gasteiger partial charge in [-0.3, -0.25) is 0 Å². The normalized spacial score (nSPS) is 11.5. The Morgan fingerprint density at radius 2 is 2.12 bits per heavy atom. The molecule has 0 fully saturated rings. The smallest absolute Gasteiger partial charge is 0.121 e. The lowest BCUT2D eigenvalue weighted by Gasteiger charge is -2.14. The molecular formula is C13H20ClNO. The highest BCUT2D eigenvalue weighted by Crippen LogP contribution is 2.24. The van der Waals surface area contributed by atoms with Crippen molar-refractivity contribution >= 4 is 12.4 Å². The van der Waals surface area contributed by atoms with Gasteiger partial charge in [0, 0.05) is 6.04 Å². The summed E-state index contributed by atoms with van der Waals surface area (Å²) in [6, 6.07) is 6.08. The Morgan fingerprint density at radius 3 is 2.56 bits per heavy atom. The van der Waals surface area contributed by atoms with Gasteiger partial charge in [-0.2, -0.15) is 0 Å². The Bertz CT molecular complexity index is 363. The minimum atomic E-state index is 0. The summed E-state index contributed by atoms with van der Waals surface area (Å²) in [5.74, 6) is 0.904. The van der Waals surface area contributed by atoms with Gasteiger partial charge in [0.05, 0.1) is 7.11 Å². The van der Waals surface area contributed by atoms with Crippen molar-refractivity contribution in [3.8, 4) is 5.75 Å². The molecule has 16 heavy (non-hydrogen) atoms. The number of ether oxygens (including phenoxy) is 1. The Morgan fingerprint density at radius 1 is 1.50 bits per heavy atom. The predicted octanol–water partition coefficient (Wildman–Crippen LogP) is 3.39. The van der Waals surface area contributed by atoms with E-state index < -0.39 is 0 Å². The molecule has 0 saturated heterocycles. The summed E-state index contributed by atoms with van der Waals surface area (Å²) >= 11 is 0. The van der Waals surface area contributed by atoms with Gasteiger partial charge in [0.2, 0.25) is 0 Å². The molecule has 0 aliphatic rings. The fourth-order valence-corrected chi connectivity index (χ4v) is 1.63. The number of hydrogen-bond donors (Lipinski definition) is 1. The van der Waals surface area contributed by atoms with Crippen LogP contribution in [0.4, 0.5) is 0 Å². The molecule has 1 aromatic carbocycles. The van der Waals surface area contributed by atoms with Crippen molar-refractivity contribution in [3.63, 3.8) is 0 Å². The molecule has 0 saturated carbocycles. The van der Waals surface area contributed by atoms with Crippen LogP contribution < -0.4 is 10.5 Å². The summed E-state index contributed by atoms with van der Waals surface area (Å²) in [5, 5.41) is 0. The Kier molecular flexibility index (Phi) is 6.16.